The first-order chi connectivity index (χ1) is 12.0. The number of sulfonamides is 1. The van der Waals surface area contributed by atoms with Gasteiger partial charge >= 0.3 is 0 Å². The predicted molar refractivity (Wildman–Crippen MR) is 94.5 cm³/mol. The fourth-order valence-corrected chi connectivity index (χ4v) is 3.06. The van der Waals surface area contributed by atoms with Crippen LogP contribution >= 0.6 is 0 Å². The molecule has 1 amide bonds. The molecule has 0 radical (unpaired) electrons. The number of hydrogen-bond acceptors (Lipinski definition) is 5. The average molecular weight is 364 g/mol. The van der Waals surface area contributed by atoms with E-state index in [2.05, 4.69) is 10.0 Å². The Hall–Kier alpha value is -2.42. The van der Waals surface area contributed by atoms with Crippen molar-refractivity contribution in [3.05, 3.63) is 54.1 Å². The van der Waals surface area contributed by atoms with Crippen LogP contribution in [0.15, 0.2) is 53.4 Å². The second-order valence-corrected chi connectivity index (χ2v) is 6.87. The van der Waals surface area contributed by atoms with Gasteiger partial charge in [-0.25, -0.2) is 13.1 Å². The maximum absolute atomic E-state index is 12.3. The highest BCUT2D eigenvalue weighted by Gasteiger charge is 2.14. The van der Waals surface area contributed by atoms with Crippen LogP contribution in [0.25, 0.3) is 0 Å². The van der Waals surface area contributed by atoms with Gasteiger partial charge in [-0.15, -0.1) is 0 Å². The number of anilines is 1. The summed E-state index contributed by atoms with van der Waals surface area (Å²) in [5, 5.41) is 2.73. The molecule has 7 nitrogen and oxygen atoms in total. The van der Waals surface area contributed by atoms with E-state index in [1.807, 2.05) is 0 Å². The number of rotatable bonds is 8. The molecule has 0 aromatic heterocycles. The third-order valence-corrected chi connectivity index (χ3v) is 4.83. The lowest BCUT2D eigenvalue weighted by Crippen LogP contribution is -2.27. The van der Waals surface area contributed by atoms with Crippen molar-refractivity contribution in [2.75, 3.05) is 32.7 Å². The zero-order valence-electron chi connectivity index (χ0n) is 14.0. The van der Waals surface area contributed by atoms with Crippen LogP contribution in [0.5, 0.6) is 5.75 Å². The smallest absolute Gasteiger partial charge is 0.255 e. The van der Waals surface area contributed by atoms with Crippen molar-refractivity contribution >= 4 is 21.6 Å². The molecular formula is C17H20N2O5S. The summed E-state index contributed by atoms with van der Waals surface area (Å²) in [6, 6.07) is 12.6. The molecule has 0 saturated carbocycles. The van der Waals surface area contributed by atoms with Gasteiger partial charge in [-0.05, 0) is 36.4 Å². The lowest BCUT2D eigenvalue weighted by Gasteiger charge is -2.09. The van der Waals surface area contributed by atoms with Crippen LogP contribution in [-0.4, -0.2) is 41.7 Å². The minimum atomic E-state index is -3.62. The number of methoxy groups -OCH3 is 2. The van der Waals surface area contributed by atoms with Crippen LogP contribution < -0.4 is 14.8 Å². The number of carbonyl (C=O) groups excluding carboxylic acids is 1. The lowest BCUT2D eigenvalue weighted by molar-refractivity contribution is 0.102. The third kappa shape index (κ3) is 5.28. The average Bonchev–Trinajstić information content (AvgIpc) is 2.62. The Kier molecular flexibility index (Phi) is 6.51. The van der Waals surface area contributed by atoms with Gasteiger partial charge < -0.3 is 14.8 Å². The van der Waals surface area contributed by atoms with Crippen molar-refractivity contribution in [2.24, 2.45) is 0 Å². The van der Waals surface area contributed by atoms with Crippen molar-refractivity contribution in [1.29, 1.82) is 0 Å². The minimum Gasteiger partial charge on any atom is -0.497 e. The Morgan fingerprint density at radius 1 is 1.08 bits per heavy atom. The zero-order valence-corrected chi connectivity index (χ0v) is 14.8. The van der Waals surface area contributed by atoms with Crippen LogP contribution in [0.1, 0.15) is 10.4 Å². The number of carbonyl (C=O) groups is 1. The first-order valence-corrected chi connectivity index (χ1v) is 8.98. The van der Waals surface area contributed by atoms with Gasteiger partial charge in [-0.2, -0.15) is 0 Å². The molecular weight excluding hydrogens is 344 g/mol. The molecule has 0 unspecified atom stereocenters. The van der Waals surface area contributed by atoms with Crippen molar-refractivity contribution in [2.45, 2.75) is 4.90 Å². The van der Waals surface area contributed by atoms with Gasteiger partial charge in [0.25, 0.3) is 5.91 Å². The molecule has 0 aliphatic heterocycles. The number of benzene rings is 2. The topological polar surface area (TPSA) is 93.7 Å². The summed E-state index contributed by atoms with van der Waals surface area (Å²) >= 11 is 0. The molecule has 0 fully saturated rings. The number of ether oxygens (including phenoxy) is 2. The molecule has 2 N–H and O–H groups in total. The van der Waals surface area contributed by atoms with E-state index < -0.39 is 10.0 Å². The van der Waals surface area contributed by atoms with Gasteiger partial charge in [-0.3, -0.25) is 4.79 Å². The summed E-state index contributed by atoms with van der Waals surface area (Å²) in [4.78, 5) is 12.3. The Morgan fingerprint density at radius 2 is 1.80 bits per heavy atom. The summed E-state index contributed by atoms with van der Waals surface area (Å²) < 4.78 is 36.5. The predicted octanol–water partition coefficient (Wildman–Crippen LogP) is 1.87. The Balaban J connectivity index is 2.07. The van der Waals surface area contributed by atoms with E-state index in [9.17, 15) is 13.2 Å². The highest BCUT2D eigenvalue weighted by Crippen LogP contribution is 2.18. The fourth-order valence-electron chi connectivity index (χ4n) is 2.05. The quantitative estimate of drug-likeness (QED) is 0.698. The van der Waals surface area contributed by atoms with Crippen molar-refractivity contribution < 1.29 is 22.7 Å². The van der Waals surface area contributed by atoms with Gasteiger partial charge in [0, 0.05) is 31.0 Å². The van der Waals surface area contributed by atoms with E-state index in [1.165, 1.54) is 31.4 Å². The van der Waals surface area contributed by atoms with Crippen molar-refractivity contribution in [1.82, 2.24) is 4.72 Å². The van der Waals surface area contributed by atoms with Gasteiger partial charge in [0.2, 0.25) is 10.0 Å². The lowest BCUT2D eigenvalue weighted by atomic mass is 10.2. The summed E-state index contributed by atoms with van der Waals surface area (Å²) in [7, 11) is -0.589. The highest BCUT2D eigenvalue weighted by molar-refractivity contribution is 7.89. The molecule has 0 spiro atoms. The SMILES string of the molecule is COCCNS(=O)(=O)c1ccc(C(=O)Nc2cccc(OC)c2)cc1. The monoisotopic (exact) mass is 364 g/mol. The first-order valence-electron chi connectivity index (χ1n) is 7.50. The van der Waals surface area contributed by atoms with Gasteiger partial charge in [0.1, 0.15) is 5.75 Å². The van der Waals surface area contributed by atoms with Crippen LogP contribution in [-0.2, 0) is 14.8 Å². The summed E-state index contributed by atoms with van der Waals surface area (Å²) in [5.74, 6) is 0.283. The molecule has 0 aliphatic rings. The highest BCUT2D eigenvalue weighted by atomic mass is 32.2. The molecule has 0 bridgehead atoms. The minimum absolute atomic E-state index is 0.0848. The van der Waals surface area contributed by atoms with Crippen LogP contribution in [0.4, 0.5) is 5.69 Å². The first kappa shape index (κ1) is 18.9. The zero-order chi connectivity index (χ0) is 18.3. The van der Waals surface area contributed by atoms with Crippen LogP contribution in [0.3, 0.4) is 0 Å². The second-order valence-electron chi connectivity index (χ2n) is 5.10. The molecule has 2 rings (SSSR count). The third-order valence-electron chi connectivity index (χ3n) is 3.35. The maximum Gasteiger partial charge on any atom is 0.255 e. The maximum atomic E-state index is 12.3. The van der Waals surface area contributed by atoms with E-state index in [0.717, 1.165) is 0 Å². The standard InChI is InChI=1S/C17H20N2O5S/c1-23-11-10-18-25(21,22)16-8-6-13(7-9-16)17(20)19-14-4-3-5-15(12-14)24-2/h3-9,12,18H,10-11H2,1-2H3,(H,19,20). The van der Waals surface area contributed by atoms with Gasteiger partial charge in [0.15, 0.2) is 0 Å². The fraction of sp³-hybridized carbons (Fsp3) is 0.235. The summed E-state index contributed by atoms with van der Waals surface area (Å²) in [5.41, 5.74) is 0.931. The van der Waals surface area contributed by atoms with E-state index in [0.29, 0.717) is 17.0 Å². The molecule has 2 aromatic carbocycles. The molecule has 8 heteroatoms. The van der Waals surface area contributed by atoms with Gasteiger partial charge in [-0.1, -0.05) is 6.07 Å². The van der Waals surface area contributed by atoms with Crippen molar-refractivity contribution in [3.63, 3.8) is 0 Å². The number of nitrogens with one attached hydrogen (secondary N) is 2. The number of amides is 1. The van der Waals surface area contributed by atoms with E-state index in [4.69, 9.17) is 9.47 Å². The molecule has 0 aliphatic carbocycles. The molecule has 0 heterocycles. The molecule has 0 atom stereocenters. The Morgan fingerprint density at radius 3 is 2.44 bits per heavy atom. The molecule has 0 saturated heterocycles. The molecule has 2 aromatic rings. The Bertz CT molecular complexity index is 819. The van der Waals surface area contributed by atoms with Crippen molar-refractivity contribution in [3.8, 4) is 5.75 Å². The Labute approximate surface area is 147 Å². The normalized spacial score (nSPS) is 11.1. The van der Waals surface area contributed by atoms with Gasteiger partial charge in [0.05, 0.1) is 18.6 Å². The van der Waals surface area contributed by atoms with Crippen LogP contribution in [0.2, 0.25) is 0 Å². The number of hydrogen-bond donors (Lipinski definition) is 2. The van der Waals surface area contributed by atoms with E-state index in [1.54, 1.807) is 31.4 Å². The summed E-state index contributed by atoms with van der Waals surface area (Å²) in [6.45, 7) is 0.456. The molecule has 134 valence electrons. The van der Waals surface area contributed by atoms with Crippen LogP contribution in [0, 0.1) is 0 Å². The summed E-state index contributed by atoms with van der Waals surface area (Å²) in [6.07, 6.45) is 0. The van der Waals surface area contributed by atoms with E-state index in [-0.39, 0.29) is 24.0 Å². The second kappa shape index (κ2) is 8.61. The molecule has 25 heavy (non-hydrogen) atoms. The van der Waals surface area contributed by atoms with E-state index >= 15 is 0 Å². The largest absolute Gasteiger partial charge is 0.497 e.